The van der Waals surface area contributed by atoms with Gasteiger partial charge in [0.1, 0.15) is 5.76 Å². The van der Waals surface area contributed by atoms with Crippen molar-refractivity contribution in [2.45, 2.75) is 45.1 Å². The lowest BCUT2D eigenvalue weighted by Gasteiger charge is -2.45. The smallest absolute Gasteiger partial charge is 0.110 e. The standard InChI is InChI=1S/C14H21NO/c1-10-7-11(2)9-14(8-10)12-4-6-16-13(12)3-5-15-14/h4,6,10-11,15H,3,5,7-9H2,1-2H3. The summed E-state index contributed by atoms with van der Waals surface area (Å²) in [5.74, 6) is 2.86. The molecule has 0 bridgehead atoms. The first-order valence-corrected chi connectivity index (χ1v) is 6.51. The molecule has 0 saturated heterocycles. The molecule has 1 spiro atoms. The van der Waals surface area contributed by atoms with E-state index in [1.807, 2.05) is 6.26 Å². The maximum atomic E-state index is 5.61. The molecule has 16 heavy (non-hydrogen) atoms. The molecule has 1 saturated carbocycles. The molecule has 1 aliphatic carbocycles. The molecule has 2 nitrogen and oxygen atoms in total. The van der Waals surface area contributed by atoms with Gasteiger partial charge in [0.2, 0.25) is 0 Å². The second-order valence-electron chi connectivity index (χ2n) is 5.87. The largest absolute Gasteiger partial charge is 0.469 e. The first-order chi connectivity index (χ1) is 7.70. The average Bonchev–Trinajstić information content (AvgIpc) is 2.65. The summed E-state index contributed by atoms with van der Waals surface area (Å²) in [6.45, 7) is 5.83. The molecule has 2 unspecified atom stereocenters. The topological polar surface area (TPSA) is 25.2 Å². The number of rotatable bonds is 0. The Hall–Kier alpha value is -0.760. The van der Waals surface area contributed by atoms with Crippen LogP contribution < -0.4 is 5.32 Å². The number of furan rings is 1. The third kappa shape index (κ3) is 1.51. The zero-order valence-corrected chi connectivity index (χ0v) is 10.3. The maximum Gasteiger partial charge on any atom is 0.110 e. The van der Waals surface area contributed by atoms with Crippen LogP contribution >= 0.6 is 0 Å². The van der Waals surface area contributed by atoms with Crippen molar-refractivity contribution in [3.63, 3.8) is 0 Å². The van der Waals surface area contributed by atoms with E-state index >= 15 is 0 Å². The molecule has 1 aromatic rings. The van der Waals surface area contributed by atoms with E-state index in [9.17, 15) is 0 Å². The third-order valence-electron chi connectivity index (χ3n) is 4.28. The Labute approximate surface area is 97.4 Å². The summed E-state index contributed by atoms with van der Waals surface area (Å²) in [7, 11) is 0. The van der Waals surface area contributed by atoms with Gasteiger partial charge in [-0.3, -0.25) is 0 Å². The molecule has 88 valence electrons. The Morgan fingerprint density at radius 2 is 2.06 bits per heavy atom. The fourth-order valence-electron chi connectivity index (χ4n) is 3.96. The van der Waals surface area contributed by atoms with Gasteiger partial charge in [0.15, 0.2) is 0 Å². The Kier molecular flexibility index (Phi) is 2.36. The van der Waals surface area contributed by atoms with Crippen molar-refractivity contribution in [1.82, 2.24) is 5.32 Å². The van der Waals surface area contributed by atoms with Crippen LogP contribution in [0.5, 0.6) is 0 Å². The van der Waals surface area contributed by atoms with Gasteiger partial charge in [0, 0.05) is 24.1 Å². The Bertz CT molecular complexity index is 372. The first-order valence-electron chi connectivity index (χ1n) is 6.51. The second-order valence-corrected chi connectivity index (χ2v) is 5.87. The number of hydrogen-bond acceptors (Lipinski definition) is 2. The van der Waals surface area contributed by atoms with Gasteiger partial charge in [-0.25, -0.2) is 0 Å². The average molecular weight is 219 g/mol. The normalized spacial score (nSPS) is 38.6. The van der Waals surface area contributed by atoms with Crippen LogP contribution in [0.2, 0.25) is 0 Å². The van der Waals surface area contributed by atoms with Crippen LogP contribution in [0, 0.1) is 11.8 Å². The van der Waals surface area contributed by atoms with E-state index in [1.54, 1.807) is 0 Å². The van der Waals surface area contributed by atoms with Crippen LogP contribution in [-0.2, 0) is 12.0 Å². The van der Waals surface area contributed by atoms with Crippen molar-refractivity contribution in [3.05, 3.63) is 23.7 Å². The van der Waals surface area contributed by atoms with Crippen LogP contribution in [0.25, 0.3) is 0 Å². The highest BCUT2D eigenvalue weighted by Gasteiger charge is 2.42. The Morgan fingerprint density at radius 1 is 1.31 bits per heavy atom. The SMILES string of the molecule is CC1CC(C)CC2(C1)NCCc1occc12. The lowest BCUT2D eigenvalue weighted by molar-refractivity contribution is 0.133. The van der Waals surface area contributed by atoms with Crippen molar-refractivity contribution in [2.75, 3.05) is 6.54 Å². The molecule has 2 heteroatoms. The van der Waals surface area contributed by atoms with Crippen molar-refractivity contribution >= 4 is 0 Å². The molecule has 0 aromatic carbocycles. The van der Waals surface area contributed by atoms with E-state index in [4.69, 9.17) is 4.42 Å². The van der Waals surface area contributed by atoms with Crippen LogP contribution in [0.1, 0.15) is 44.4 Å². The maximum absolute atomic E-state index is 5.61. The summed E-state index contributed by atoms with van der Waals surface area (Å²) in [5, 5.41) is 3.78. The molecule has 1 N–H and O–H groups in total. The quantitative estimate of drug-likeness (QED) is 0.725. The van der Waals surface area contributed by atoms with Crippen LogP contribution in [0.4, 0.5) is 0 Å². The second kappa shape index (κ2) is 3.63. The van der Waals surface area contributed by atoms with E-state index in [-0.39, 0.29) is 5.54 Å². The number of fused-ring (bicyclic) bond motifs is 2. The molecule has 3 rings (SSSR count). The van der Waals surface area contributed by atoms with Gasteiger partial charge in [-0.15, -0.1) is 0 Å². The molecule has 0 radical (unpaired) electrons. The van der Waals surface area contributed by atoms with Gasteiger partial charge >= 0.3 is 0 Å². The molecule has 0 amide bonds. The number of nitrogens with one attached hydrogen (secondary N) is 1. The Morgan fingerprint density at radius 3 is 2.81 bits per heavy atom. The minimum Gasteiger partial charge on any atom is -0.469 e. The highest BCUT2D eigenvalue weighted by molar-refractivity contribution is 5.30. The van der Waals surface area contributed by atoms with E-state index in [2.05, 4.69) is 25.2 Å². The molecular formula is C14H21NO. The molecular weight excluding hydrogens is 198 g/mol. The van der Waals surface area contributed by atoms with Crippen molar-refractivity contribution in [2.24, 2.45) is 11.8 Å². The van der Waals surface area contributed by atoms with Gasteiger partial charge < -0.3 is 9.73 Å². The van der Waals surface area contributed by atoms with Crippen LogP contribution in [0.3, 0.4) is 0 Å². The lowest BCUT2D eigenvalue weighted by Crippen LogP contribution is -2.51. The molecule has 2 aliphatic rings. The van der Waals surface area contributed by atoms with E-state index < -0.39 is 0 Å². The molecule has 1 aromatic heterocycles. The zero-order valence-electron chi connectivity index (χ0n) is 10.3. The van der Waals surface area contributed by atoms with Gasteiger partial charge in [-0.2, -0.15) is 0 Å². The van der Waals surface area contributed by atoms with E-state index in [0.717, 1.165) is 24.8 Å². The van der Waals surface area contributed by atoms with Gasteiger partial charge in [-0.05, 0) is 37.2 Å². The van der Waals surface area contributed by atoms with Gasteiger partial charge in [0.25, 0.3) is 0 Å². The highest BCUT2D eigenvalue weighted by Crippen LogP contribution is 2.45. The summed E-state index contributed by atoms with van der Waals surface area (Å²) in [4.78, 5) is 0. The fraction of sp³-hybridized carbons (Fsp3) is 0.714. The predicted octanol–water partition coefficient (Wildman–Crippen LogP) is 3.08. The van der Waals surface area contributed by atoms with Crippen molar-refractivity contribution in [1.29, 1.82) is 0 Å². The lowest BCUT2D eigenvalue weighted by atomic mass is 9.67. The highest BCUT2D eigenvalue weighted by atomic mass is 16.3. The third-order valence-corrected chi connectivity index (χ3v) is 4.28. The summed E-state index contributed by atoms with van der Waals surface area (Å²) >= 11 is 0. The summed E-state index contributed by atoms with van der Waals surface area (Å²) in [5.41, 5.74) is 1.66. The van der Waals surface area contributed by atoms with Crippen molar-refractivity contribution < 1.29 is 4.42 Å². The molecule has 2 atom stereocenters. The van der Waals surface area contributed by atoms with E-state index in [0.29, 0.717) is 0 Å². The fourth-order valence-corrected chi connectivity index (χ4v) is 3.96. The minimum atomic E-state index is 0.220. The van der Waals surface area contributed by atoms with Crippen molar-refractivity contribution in [3.8, 4) is 0 Å². The van der Waals surface area contributed by atoms with Crippen LogP contribution in [-0.4, -0.2) is 6.54 Å². The molecule has 1 aliphatic heterocycles. The van der Waals surface area contributed by atoms with Crippen LogP contribution in [0.15, 0.2) is 16.7 Å². The number of hydrogen-bond donors (Lipinski definition) is 1. The van der Waals surface area contributed by atoms with Gasteiger partial charge in [-0.1, -0.05) is 13.8 Å². The predicted molar refractivity (Wildman–Crippen MR) is 64.3 cm³/mol. The summed E-state index contributed by atoms with van der Waals surface area (Å²) < 4.78 is 5.61. The molecule has 2 heterocycles. The zero-order chi connectivity index (χ0) is 11.2. The minimum absolute atomic E-state index is 0.220. The van der Waals surface area contributed by atoms with E-state index in [1.165, 1.54) is 30.6 Å². The van der Waals surface area contributed by atoms with Gasteiger partial charge in [0.05, 0.1) is 6.26 Å². The molecule has 1 fully saturated rings. The first kappa shape index (κ1) is 10.4. The monoisotopic (exact) mass is 219 g/mol. The Balaban J connectivity index is 2.00. The summed E-state index contributed by atoms with van der Waals surface area (Å²) in [6, 6.07) is 2.19. The summed E-state index contributed by atoms with van der Waals surface area (Å²) in [6.07, 6.45) is 6.82.